The van der Waals surface area contributed by atoms with Crippen LogP contribution in [0, 0.1) is 25.5 Å². The molecule has 34 heavy (non-hydrogen) atoms. The van der Waals surface area contributed by atoms with Crippen molar-refractivity contribution in [2.24, 2.45) is 0 Å². The number of ether oxygens (including phenoxy) is 3. The predicted octanol–water partition coefficient (Wildman–Crippen LogP) is 3.97. The number of hydrogen-bond donors (Lipinski definition) is 1. The summed E-state index contributed by atoms with van der Waals surface area (Å²) in [5.74, 6) is -0.311. The molecule has 1 saturated heterocycles. The van der Waals surface area contributed by atoms with Crippen molar-refractivity contribution in [2.75, 3.05) is 26.6 Å². The van der Waals surface area contributed by atoms with Crippen molar-refractivity contribution in [3.8, 4) is 17.2 Å². The fourth-order valence-corrected chi connectivity index (χ4v) is 4.75. The number of aromatic nitrogens is 2. The van der Waals surface area contributed by atoms with E-state index in [0.29, 0.717) is 48.2 Å². The highest BCUT2D eigenvalue weighted by molar-refractivity contribution is 5.96. The first-order valence-corrected chi connectivity index (χ1v) is 11.2. The van der Waals surface area contributed by atoms with Gasteiger partial charge in [0.1, 0.15) is 11.5 Å². The third kappa shape index (κ3) is 3.90. The quantitative estimate of drug-likeness (QED) is 0.612. The number of hydrogen-bond acceptors (Lipinski definition) is 5. The largest absolute Gasteiger partial charge is 0.454 e. The third-order valence-electron chi connectivity index (χ3n) is 6.68. The summed E-state index contributed by atoms with van der Waals surface area (Å²) in [5, 5.41) is 7.42. The number of carbonyl (C=O) groups excluding carboxylic acids is 1. The molecule has 2 aliphatic heterocycles. The molecule has 2 aromatic carbocycles. The minimum Gasteiger partial charge on any atom is -0.454 e. The van der Waals surface area contributed by atoms with Gasteiger partial charge in [-0.3, -0.25) is 4.79 Å². The number of fused-ring (bicyclic) bond motifs is 1. The molecule has 3 aromatic rings. The van der Waals surface area contributed by atoms with Crippen LogP contribution in [-0.4, -0.2) is 42.2 Å². The van der Waals surface area contributed by atoms with Gasteiger partial charge in [0, 0.05) is 31.2 Å². The molecule has 1 N–H and O–H groups in total. The van der Waals surface area contributed by atoms with E-state index in [1.54, 1.807) is 13.8 Å². The monoisotopic (exact) mass is 469 g/mol. The summed E-state index contributed by atoms with van der Waals surface area (Å²) in [4.78, 5) is 13.3. The van der Waals surface area contributed by atoms with Crippen molar-refractivity contribution < 1.29 is 27.8 Å². The van der Waals surface area contributed by atoms with Crippen molar-refractivity contribution in [1.29, 1.82) is 0 Å². The zero-order chi connectivity index (χ0) is 23.9. The van der Waals surface area contributed by atoms with E-state index in [1.807, 2.05) is 18.2 Å². The van der Waals surface area contributed by atoms with Crippen LogP contribution in [0.25, 0.3) is 5.69 Å². The Balaban J connectivity index is 1.41. The van der Waals surface area contributed by atoms with E-state index in [2.05, 4.69) is 10.4 Å². The first-order chi connectivity index (χ1) is 16.4. The second-order valence-corrected chi connectivity index (χ2v) is 8.70. The van der Waals surface area contributed by atoms with E-state index in [4.69, 9.17) is 14.2 Å². The van der Waals surface area contributed by atoms with Crippen LogP contribution >= 0.6 is 0 Å². The van der Waals surface area contributed by atoms with Gasteiger partial charge in [0.05, 0.1) is 17.0 Å². The van der Waals surface area contributed by atoms with Crippen LogP contribution in [0.1, 0.15) is 40.2 Å². The average molecular weight is 469 g/mol. The first kappa shape index (κ1) is 22.3. The Kier molecular flexibility index (Phi) is 5.73. The van der Waals surface area contributed by atoms with Gasteiger partial charge >= 0.3 is 0 Å². The van der Waals surface area contributed by atoms with Crippen molar-refractivity contribution in [3.63, 3.8) is 0 Å². The summed E-state index contributed by atoms with van der Waals surface area (Å²) < 4.78 is 45.6. The second kappa shape index (κ2) is 8.72. The summed E-state index contributed by atoms with van der Waals surface area (Å²) in [5.41, 5.74) is 2.12. The van der Waals surface area contributed by atoms with Crippen LogP contribution in [0.3, 0.4) is 0 Å². The van der Waals surface area contributed by atoms with E-state index >= 15 is 0 Å². The van der Waals surface area contributed by atoms with Crippen molar-refractivity contribution in [1.82, 2.24) is 15.1 Å². The van der Waals surface area contributed by atoms with Crippen LogP contribution in [0.4, 0.5) is 8.78 Å². The third-order valence-corrected chi connectivity index (χ3v) is 6.68. The molecule has 3 heterocycles. The SMILES string of the molecule is Cc1nn(-c2ccc(F)cc2F)c(C)c1C(=O)NCC1(c2ccc3c(c2)OCO3)CCOCC1. The predicted molar refractivity (Wildman–Crippen MR) is 120 cm³/mol. The Hall–Kier alpha value is -3.46. The molecule has 0 atom stereocenters. The topological polar surface area (TPSA) is 74.6 Å². The number of nitrogens with zero attached hydrogens (tertiary/aromatic N) is 2. The molecule has 0 radical (unpaired) electrons. The van der Waals surface area contributed by atoms with E-state index in [0.717, 1.165) is 30.5 Å². The van der Waals surface area contributed by atoms with Crippen LogP contribution < -0.4 is 14.8 Å². The lowest BCUT2D eigenvalue weighted by molar-refractivity contribution is 0.0486. The maximum Gasteiger partial charge on any atom is 0.255 e. The molecule has 5 rings (SSSR count). The highest BCUT2D eigenvalue weighted by Crippen LogP contribution is 2.40. The molecule has 0 unspecified atom stereocenters. The average Bonchev–Trinajstić information content (AvgIpc) is 3.41. The summed E-state index contributed by atoms with van der Waals surface area (Å²) in [6.07, 6.45) is 1.48. The van der Waals surface area contributed by atoms with Crippen molar-refractivity contribution >= 4 is 5.91 Å². The Morgan fingerprint density at radius 3 is 2.62 bits per heavy atom. The molecule has 2 aliphatic rings. The lowest BCUT2D eigenvalue weighted by Gasteiger charge is -2.38. The maximum atomic E-state index is 14.3. The van der Waals surface area contributed by atoms with Gasteiger partial charge in [0.15, 0.2) is 17.3 Å². The minimum absolute atomic E-state index is 0.0855. The fourth-order valence-electron chi connectivity index (χ4n) is 4.75. The zero-order valence-electron chi connectivity index (χ0n) is 19.0. The van der Waals surface area contributed by atoms with Crippen LogP contribution in [0.2, 0.25) is 0 Å². The Bertz CT molecular complexity index is 1250. The molecular weight excluding hydrogens is 444 g/mol. The Labute approximate surface area is 195 Å². The second-order valence-electron chi connectivity index (χ2n) is 8.70. The van der Waals surface area contributed by atoms with Crippen molar-refractivity contribution in [3.05, 3.63) is 70.5 Å². The number of aryl methyl sites for hydroxylation is 1. The van der Waals surface area contributed by atoms with Crippen LogP contribution in [-0.2, 0) is 10.2 Å². The van der Waals surface area contributed by atoms with Crippen molar-refractivity contribution in [2.45, 2.75) is 32.1 Å². The van der Waals surface area contributed by atoms with Gasteiger partial charge in [-0.2, -0.15) is 5.10 Å². The highest BCUT2D eigenvalue weighted by atomic mass is 19.1. The van der Waals surface area contributed by atoms with E-state index in [-0.39, 0.29) is 23.8 Å². The summed E-state index contributed by atoms with van der Waals surface area (Å²) in [7, 11) is 0. The summed E-state index contributed by atoms with van der Waals surface area (Å²) >= 11 is 0. The lowest BCUT2D eigenvalue weighted by Crippen LogP contribution is -2.44. The molecular formula is C25H25F2N3O4. The van der Waals surface area contributed by atoms with Gasteiger partial charge in [0.2, 0.25) is 6.79 Å². The fraction of sp³-hybridized carbons (Fsp3) is 0.360. The van der Waals surface area contributed by atoms with Gasteiger partial charge in [-0.15, -0.1) is 0 Å². The van der Waals surface area contributed by atoms with Gasteiger partial charge in [-0.25, -0.2) is 13.5 Å². The molecule has 7 nitrogen and oxygen atoms in total. The standard InChI is InChI=1S/C25H25F2N3O4/c1-15-23(16(2)30(29-15)20-5-4-18(26)12-19(20)27)24(31)28-13-25(7-9-32-10-8-25)17-3-6-21-22(11-17)34-14-33-21/h3-6,11-12H,7-10,13-14H2,1-2H3,(H,28,31). The molecule has 178 valence electrons. The van der Waals surface area contributed by atoms with E-state index < -0.39 is 11.6 Å². The normalized spacial score (nSPS) is 16.5. The van der Waals surface area contributed by atoms with E-state index in [1.165, 1.54) is 10.7 Å². The molecule has 0 saturated carbocycles. The lowest BCUT2D eigenvalue weighted by atomic mass is 9.74. The number of rotatable bonds is 5. The first-order valence-electron chi connectivity index (χ1n) is 11.2. The van der Waals surface area contributed by atoms with Gasteiger partial charge < -0.3 is 19.5 Å². The van der Waals surface area contributed by atoms with Crippen LogP contribution in [0.5, 0.6) is 11.5 Å². The smallest absolute Gasteiger partial charge is 0.255 e. The molecule has 1 amide bonds. The molecule has 1 fully saturated rings. The Morgan fingerprint density at radius 2 is 1.85 bits per heavy atom. The number of benzene rings is 2. The molecule has 9 heteroatoms. The number of amides is 1. The zero-order valence-corrected chi connectivity index (χ0v) is 19.0. The minimum atomic E-state index is -0.749. The molecule has 0 aliphatic carbocycles. The molecule has 0 bridgehead atoms. The Morgan fingerprint density at radius 1 is 1.09 bits per heavy atom. The van der Waals surface area contributed by atoms with Gasteiger partial charge in [-0.05, 0) is 56.5 Å². The van der Waals surface area contributed by atoms with Gasteiger partial charge in [-0.1, -0.05) is 6.07 Å². The van der Waals surface area contributed by atoms with Crippen LogP contribution in [0.15, 0.2) is 36.4 Å². The maximum absolute atomic E-state index is 14.3. The molecule has 1 aromatic heterocycles. The number of halogens is 2. The summed E-state index contributed by atoms with van der Waals surface area (Å²) in [6.45, 7) is 5.16. The molecule has 0 spiro atoms. The number of nitrogens with one attached hydrogen (secondary N) is 1. The van der Waals surface area contributed by atoms with E-state index in [9.17, 15) is 13.6 Å². The van der Waals surface area contributed by atoms with Gasteiger partial charge in [0.25, 0.3) is 5.91 Å². The summed E-state index contributed by atoms with van der Waals surface area (Å²) in [6, 6.07) is 9.15. The highest BCUT2D eigenvalue weighted by Gasteiger charge is 2.36. The number of carbonyl (C=O) groups is 1.